The third kappa shape index (κ3) is 3.58. The smallest absolute Gasteiger partial charge is 0.122 e. The Kier molecular flexibility index (Phi) is 4.51. The van der Waals surface area contributed by atoms with Crippen LogP contribution in [0.5, 0.6) is 5.75 Å². The minimum atomic E-state index is -0.498. The molecule has 1 fully saturated rings. The Hall–Kier alpha value is -1.06. The molecule has 1 aliphatic heterocycles. The number of ether oxygens (including phenoxy) is 1. The molecular weight excluding hydrogens is 262 g/mol. The van der Waals surface area contributed by atoms with E-state index in [4.69, 9.17) is 4.74 Å². The lowest BCUT2D eigenvalue weighted by molar-refractivity contribution is -0.0119. The van der Waals surface area contributed by atoms with Gasteiger partial charge < -0.3 is 15.2 Å². The van der Waals surface area contributed by atoms with Gasteiger partial charge in [0.2, 0.25) is 0 Å². The Balaban J connectivity index is 1.54. The summed E-state index contributed by atoms with van der Waals surface area (Å²) in [4.78, 5) is 0. The van der Waals surface area contributed by atoms with Gasteiger partial charge >= 0.3 is 0 Å². The van der Waals surface area contributed by atoms with E-state index in [-0.39, 0.29) is 0 Å². The van der Waals surface area contributed by atoms with E-state index in [9.17, 15) is 5.11 Å². The van der Waals surface area contributed by atoms with E-state index < -0.39 is 5.60 Å². The molecular formula is C18H27NO2. The van der Waals surface area contributed by atoms with Crippen LogP contribution in [-0.2, 0) is 0 Å². The second kappa shape index (κ2) is 6.37. The van der Waals surface area contributed by atoms with Gasteiger partial charge in [0.1, 0.15) is 5.75 Å². The predicted molar refractivity (Wildman–Crippen MR) is 84.7 cm³/mol. The predicted octanol–water partition coefficient (Wildman–Crippen LogP) is 3.08. The molecule has 3 heteroatoms. The summed E-state index contributed by atoms with van der Waals surface area (Å²) in [6.45, 7) is 4.69. The maximum absolute atomic E-state index is 10.7. The van der Waals surface area contributed by atoms with E-state index >= 15 is 0 Å². The first-order valence-electron chi connectivity index (χ1n) is 8.31. The van der Waals surface area contributed by atoms with Gasteiger partial charge in [0.05, 0.1) is 12.2 Å². The summed E-state index contributed by atoms with van der Waals surface area (Å²) in [5.74, 6) is 2.18. The highest BCUT2D eigenvalue weighted by atomic mass is 16.5. The molecule has 1 aromatic carbocycles. The number of para-hydroxylation sites is 1. The average Bonchev–Trinajstić information content (AvgIpc) is 2.47. The van der Waals surface area contributed by atoms with E-state index in [1.165, 1.54) is 12.0 Å². The number of aliphatic hydroxyl groups is 1. The molecule has 116 valence electrons. The number of hydrogen-bond acceptors (Lipinski definition) is 3. The molecule has 0 amide bonds. The van der Waals surface area contributed by atoms with Crippen LogP contribution >= 0.6 is 0 Å². The number of rotatable bonds is 4. The van der Waals surface area contributed by atoms with Crippen molar-refractivity contribution in [2.24, 2.45) is 5.92 Å². The van der Waals surface area contributed by atoms with Crippen molar-refractivity contribution in [3.8, 4) is 5.75 Å². The molecule has 3 atom stereocenters. The summed E-state index contributed by atoms with van der Waals surface area (Å²) in [5.41, 5.74) is 0.808. The van der Waals surface area contributed by atoms with E-state index in [2.05, 4.69) is 30.4 Å². The molecule has 0 spiro atoms. The maximum atomic E-state index is 10.7. The van der Waals surface area contributed by atoms with Gasteiger partial charge in [0.15, 0.2) is 0 Å². The molecule has 1 aromatic rings. The molecule has 3 nitrogen and oxygen atoms in total. The minimum absolute atomic E-state index is 0.498. The largest absolute Gasteiger partial charge is 0.493 e. The number of nitrogens with one attached hydrogen (secondary N) is 1. The second-order valence-electron chi connectivity index (χ2n) is 6.93. The molecule has 0 aromatic heterocycles. The second-order valence-corrected chi connectivity index (χ2v) is 6.93. The van der Waals surface area contributed by atoms with Gasteiger partial charge in [0, 0.05) is 19.0 Å². The first-order chi connectivity index (χ1) is 10.2. The van der Waals surface area contributed by atoms with Gasteiger partial charge in [-0.15, -0.1) is 0 Å². The van der Waals surface area contributed by atoms with E-state index in [1.807, 2.05) is 6.07 Å². The highest BCUT2D eigenvalue weighted by Crippen LogP contribution is 2.34. The Morgan fingerprint density at radius 1 is 1.33 bits per heavy atom. The molecule has 2 N–H and O–H groups in total. The molecule has 1 heterocycles. The zero-order chi connectivity index (χ0) is 14.7. The summed E-state index contributed by atoms with van der Waals surface area (Å²) >= 11 is 0. The summed E-state index contributed by atoms with van der Waals surface area (Å²) in [6.07, 6.45) is 5.34. The van der Waals surface area contributed by atoms with Crippen molar-refractivity contribution in [2.75, 3.05) is 19.7 Å². The summed E-state index contributed by atoms with van der Waals surface area (Å²) in [7, 11) is 0. The van der Waals surface area contributed by atoms with Crippen LogP contribution in [0.25, 0.3) is 0 Å². The number of hydrogen-bond donors (Lipinski definition) is 2. The van der Waals surface area contributed by atoms with Crippen LogP contribution in [0.2, 0.25) is 0 Å². The zero-order valence-corrected chi connectivity index (χ0v) is 13.0. The van der Waals surface area contributed by atoms with Crippen LogP contribution in [0.3, 0.4) is 0 Å². The Morgan fingerprint density at radius 3 is 3.05 bits per heavy atom. The number of benzene rings is 1. The van der Waals surface area contributed by atoms with Crippen LogP contribution in [0.1, 0.15) is 50.5 Å². The van der Waals surface area contributed by atoms with Gasteiger partial charge in [-0.3, -0.25) is 0 Å². The zero-order valence-electron chi connectivity index (χ0n) is 13.0. The monoisotopic (exact) mass is 289 g/mol. The summed E-state index contributed by atoms with van der Waals surface area (Å²) in [6, 6.07) is 8.33. The van der Waals surface area contributed by atoms with Crippen molar-refractivity contribution in [1.82, 2.24) is 5.32 Å². The van der Waals surface area contributed by atoms with Gasteiger partial charge in [-0.1, -0.05) is 38.0 Å². The summed E-state index contributed by atoms with van der Waals surface area (Å²) in [5, 5.41) is 14.2. The van der Waals surface area contributed by atoms with Gasteiger partial charge in [0.25, 0.3) is 0 Å². The van der Waals surface area contributed by atoms with Crippen LogP contribution in [0, 0.1) is 5.92 Å². The Bertz CT molecular complexity index is 476. The fourth-order valence-corrected chi connectivity index (χ4v) is 3.90. The lowest BCUT2D eigenvalue weighted by Gasteiger charge is -2.36. The molecule has 1 saturated carbocycles. The fraction of sp³-hybridized carbons (Fsp3) is 0.667. The van der Waals surface area contributed by atoms with Crippen LogP contribution in [0.4, 0.5) is 0 Å². The molecule has 3 rings (SSSR count). The topological polar surface area (TPSA) is 41.5 Å². The number of fused-ring (bicyclic) bond motifs is 1. The molecule has 2 aliphatic rings. The van der Waals surface area contributed by atoms with E-state index in [0.29, 0.717) is 11.8 Å². The lowest BCUT2D eigenvalue weighted by atomic mass is 9.79. The first kappa shape index (κ1) is 14.9. The Labute approximate surface area is 127 Å². The molecule has 0 bridgehead atoms. The summed E-state index contributed by atoms with van der Waals surface area (Å²) < 4.78 is 5.71. The fourth-order valence-electron chi connectivity index (χ4n) is 3.90. The average molecular weight is 289 g/mol. The molecule has 0 saturated heterocycles. The molecule has 21 heavy (non-hydrogen) atoms. The van der Waals surface area contributed by atoms with Gasteiger partial charge in [-0.25, -0.2) is 0 Å². The van der Waals surface area contributed by atoms with Crippen LogP contribution < -0.4 is 10.1 Å². The highest BCUT2D eigenvalue weighted by Gasteiger charge is 2.32. The Morgan fingerprint density at radius 2 is 2.19 bits per heavy atom. The van der Waals surface area contributed by atoms with Gasteiger partial charge in [-0.2, -0.15) is 0 Å². The first-order valence-corrected chi connectivity index (χ1v) is 8.31. The maximum Gasteiger partial charge on any atom is 0.122 e. The van der Waals surface area contributed by atoms with Crippen molar-refractivity contribution < 1.29 is 9.84 Å². The van der Waals surface area contributed by atoms with Crippen molar-refractivity contribution >= 4 is 0 Å². The van der Waals surface area contributed by atoms with Crippen molar-refractivity contribution in [2.45, 2.75) is 50.5 Å². The SMILES string of the molecule is CC1CCCC(O)(CNCC2CCOc3ccccc32)C1. The third-order valence-corrected chi connectivity index (χ3v) is 4.99. The van der Waals surface area contributed by atoms with E-state index in [1.54, 1.807) is 0 Å². The van der Waals surface area contributed by atoms with E-state index in [0.717, 1.165) is 51.1 Å². The molecule has 0 radical (unpaired) electrons. The van der Waals surface area contributed by atoms with Crippen LogP contribution in [-0.4, -0.2) is 30.4 Å². The normalized spacial score (nSPS) is 32.3. The van der Waals surface area contributed by atoms with Crippen molar-refractivity contribution in [1.29, 1.82) is 0 Å². The van der Waals surface area contributed by atoms with Crippen LogP contribution in [0.15, 0.2) is 24.3 Å². The standard InChI is InChI=1S/C18H27NO2/c1-14-5-4-9-18(20,11-14)13-19-12-15-8-10-21-17-7-3-2-6-16(15)17/h2-3,6-7,14-15,19-20H,4-5,8-13H2,1H3. The van der Waals surface area contributed by atoms with Crippen molar-refractivity contribution in [3.05, 3.63) is 29.8 Å². The highest BCUT2D eigenvalue weighted by molar-refractivity contribution is 5.37. The molecule has 1 aliphatic carbocycles. The third-order valence-electron chi connectivity index (χ3n) is 4.99. The lowest BCUT2D eigenvalue weighted by Crippen LogP contribution is -2.45. The molecule has 3 unspecified atom stereocenters. The minimum Gasteiger partial charge on any atom is -0.493 e. The van der Waals surface area contributed by atoms with Crippen molar-refractivity contribution in [3.63, 3.8) is 0 Å². The van der Waals surface area contributed by atoms with Gasteiger partial charge in [-0.05, 0) is 36.8 Å². The quantitative estimate of drug-likeness (QED) is 0.895.